The van der Waals surface area contributed by atoms with Crippen LogP contribution in [0.5, 0.6) is 0 Å². The lowest BCUT2D eigenvalue weighted by Crippen LogP contribution is -2.54. The minimum atomic E-state index is -0.557. The molecule has 0 aliphatic carbocycles. The van der Waals surface area contributed by atoms with Gasteiger partial charge in [-0.05, 0) is 42.7 Å². The molecule has 6 nitrogen and oxygen atoms in total. The van der Waals surface area contributed by atoms with Crippen molar-refractivity contribution in [1.82, 2.24) is 15.2 Å². The topological polar surface area (TPSA) is 65.5 Å². The standard InChI is InChI=1S/C22H28N4O2/c1-16(2)18-7-9-19(10-8-18)21(27)24-17(3)22(28)26-14-12-25(13-15-26)20-6-4-5-11-23-20/h4-11,16-17H,12-15H2,1-3H3,(H,24,27)/t17-/m0/s1. The van der Waals surface area contributed by atoms with Gasteiger partial charge < -0.3 is 15.1 Å². The minimum absolute atomic E-state index is 0.0483. The van der Waals surface area contributed by atoms with Gasteiger partial charge in [0.1, 0.15) is 11.9 Å². The van der Waals surface area contributed by atoms with Crippen LogP contribution in [-0.2, 0) is 4.79 Å². The first-order valence-corrected chi connectivity index (χ1v) is 9.81. The Morgan fingerprint density at radius 1 is 0.964 bits per heavy atom. The van der Waals surface area contributed by atoms with E-state index in [2.05, 4.69) is 29.0 Å². The van der Waals surface area contributed by atoms with Gasteiger partial charge in [0.15, 0.2) is 0 Å². The van der Waals surface area contributed by atoms with Crippen LogP contribution in [0.15, 0.2) is 48.7 Å². The van der Waals surface area contributed by atoms with E-state index < -0.39 is 6.04 Å². The number of anilines is 1. The van der Waals surface area contributed by atoms with Gasteiger partial charge in [0.25, 0.3) is 5.91 Å². The Morgan fingerprint density at radius 3 is 2.21 bits per heavy atom. The summed E-state index contributed by atoms with van der Waals surface area (Å²) in [6, 6.07) is 12.8. The van der Waals surface area contributed by atoms with Crippen LogP contribution in [0.3, 0.4) is 0 Å². The van der Waals surface area contributed by atoms with Crippen LogP contribution in [0, 0.1) is 0 Å². The Bertz CT molecular complexity index is 797. The van der Waals surface area contributed by atoms with Crippen LogP contribution in [0.4, 0.5) is 5.82 Å². The van der Waals surface area contributed by atoms with E-state index in [0.717, 1.165) is 18.9 Å². The van der Waals surface area contributed by atoms with Gasteiger partial charge in [0.2, 0.25) is 5.91 Å². The highest BCUT2D eigenvalue weighted by Crippen LogP contribution is 2.15. The van der Waals surface area contributed by atoms with Crippen LogP contribution in [0.25, 0.3) is 0 Å². The van der Waals surface area contributed by atoms with Crippen LogP contribution in [0.1, 0.15) is 42.6 Å². The van der Waals surface area contributed by atoms with Crippen molar-refractivity contribution in [1.29, 1.82) is 0 Å². The average molecular weight is 380 g/mol. The van der Waals surface area contributed by atoms with Crippen molar-refractivity contribution in [3.8, 4) is 0 Å². The van der Waals surface area contributed by atoms with Crippen molar-refractivity contribution in [3.63, 3.8) is 0 Å². The molecule has 0 radical (unpaired) electrons. The van der Waals surface area contributed by atoms with Crippen LogP contribution in [0.2, 0.25) is 0 Å². The molecule has 1 saturated heterocycles. The molecule has 2 heterocycles. The van der Waals surface area contributed by atoms with Crippen molar-refractivity contribution in [3.05, 3.63) is 59.8 Å². The second-order valence-corrected chi connectivity index (χ2v) is 7.47. The number of hydrogen-bond acceptors (Lipinski definition) is 4. The number of carbonyl (C=O) groups is 2. The Labute approximate surface area is 166 Å². The molecule has 1 aromatic heterocycles. The monoisotopic (exact) mass is 380 g/mol. The lowest BCUT2D eigenvalue weighted by Gasteiger charge is -2.36. The maximum absolute atomic E-state index is 12.7. The number of rotatable bonds is 5. The summed E-state index contributed by atoms with van der Waals surface area (Å²) in [5.74, 6) is 1.08. The summed E-state index contributed by atoms with van der Waals surface area (Å²) in [6.45, 7) is 8.69. The number of piperazine rings is 1. The van der Waals surface area contributed by atoms with E-state index in [1.807, 2.05) is 47.4 Å². The van der Waals surface area contributed by atoms with Crippen molar-refractivity contribution in [2.75, 3.05) is 31.1 Å². The first-order valence-electron chi connectivity index (χ1n) is 9.81. The van der Waals surface area contributed by atoms with Gasteiger partial charge in [0.05, 0.1) is 0 Å². The van der Waals surface area contributed by atoms with Crippen molar-refractivity contribution in [2.24, 2.45) is 0 Å². The molecule has 1 aromatic carbocycles. The van der Waals surface area contributed by atoms with Crippen molar-refractivity contribution >= 4 is 17.6 Å². The molecule has 0 bridgehead atoms. The summed E-state index contributed by atoms with van der Waals surface area (Å²) in [5.41, 5.74) is 1.76. The number of aromatic nitrogens is 1. The van der Waals surface area contributed by atoms with Gasteiger partial charge in [0, 0.05) is 37.9 Å². The highest BCUT2D eigenvalue weighted by Gasteiger charge is 2.26. The fourth-order valence-electron chi connectivity index (χ4n) is 3.33. The van der Waals surface area contributed by atoms with Gasteiger partial charge in [-0.2, -0.15) is 0 Å². The second kappa shape index (κ2) is 8.87. The molecular formula is C22H28N4O2. The molecule has 0 saturated carbocycles. The van der Waals surface area contributed by atoms with E-state index in [9.17, 15) is 9.59 Å². The number of amides is 2. The molecule has 0 unspecified atom stereocenters. The van der Waals surface area contributed by atoms with Crippen LogP contribution in [-0.4, -0.2) is 53.9 Å². The predicted molar refractivity (Wildman–Crippen MR) is 110 cm³/mol. The van der Waals surface area contributed by atoms with E-state index >= 15 is 0 Å². The highest BCUT2D eigenvalue weighted by atomic mass is 16.2. The Morgan fingerprint density at radius 2 is 1.64 bits per heavy atom. The van der Waals surface area contributed by atoms with Gasteiger partial charge in [-0.15, -0.1) is 0 Å². The molecule has 6 heteroatoms. The van der Waals surface area contributed by atoms with Crippen LogP contribution < -0.4 is 10.2 Å². The van der Waals surface area contributed by atoms with Gasteiger partial charge in [-0.25, -0.2) is 4.98 Å². The Hall–Kier alpha value is -2.89. The fourth-order valence-corrected chi connectivity index (χ4v) is 3.33. The molecule has 2 aromatic rings. The number of nitrogens with one attached hydrogen (secondary N) is 1. The van der Waals surface area contributed by atoms with Gasteiger partial charge in [-0.1, -0.05) is 32.0 Å². The highest BCUT2D eigenvalue weighted by molar-refractivity contribution is 5.97. The summed E-state index contributed by atoms with van der Waals surface area (Å²) in [5, 5.41) is 2.83. The molecule has 1 atom stereocenters. The molecule has 1 aliphatic rings. The van der Waals surface area contributed by atoms with Gasteiger partial charge >= 0.3 is 0 Å². The summed E-state index contributed by atoms with van der Waals surface area (Å²) in [7, 11) is 0. The average Bonchev–Trinajstić information content (AvgIpc) is 2.74. The zero-order valence-corrected chi connectivity index (χ0v) is 16.8. The summed E-state index contributed by atoms with van der Waals surface area (Å²) < 4.78 is 0. The van der Waals surface area contributed by atoms with Crippen molar-refractivity contribution < 1.29 is 9.59 Å². The molecule has 1 fully saturated rings. The molecule has 148 valence electrons. The van der Waals surface area contributed by atoms with E-state index in [0.29, 0.717) is 24.6 Å². The maximum atomic E-state index is 12.7. The van der Waals surface area contributed by atoms with E-state index in [1.54, 1.807) is 13.1 Å². The predicted octanol–water partition coefficient (Wildman–Crippen LogP) is 2.67. The van der Waals surface area contributed by atoms with E-state index in [4.69, 9.17) is 0 Å². The van der Waals surface area contributed by atoms with E-state index in [-0.39, 0.29) is 11.8 Å². The second-order valence-electron chi connectivity index (χ2n) is 7.47. The fraction of sp³-hybridized carbons (Fsp3) is 0.409. The van der Waals surface area contributed by atoms with Crippen LogP contribution >= 0.6 is 0 Å². The molecule has 2 amide bonds. The lowest BCUT2D eigenvalue weighted by molar-refractivity contribution is -0.133. The molecule has 0 spiro atoms. The Balaban J connectivity index is 1.52. The minimum Gasteiger partial charge on any atom is -0.353 e. The van der Waals surface area contributed by atoms with E-state index in [1.165, 1.54) is 5.56 Å². The van der Waals surface area contributed by atoms with Crippen molar-refractivity contribution in [2.45, 2.75) is 32.7 Å². The number of pyridine rings is 1. The molecule has 1 aliphatic heterocycles. The third-order valence-corrected chi connectivity index (χ3v) is 5.12. The summed E-state index contributed by atoms with van der Waals surface area (Å²) >= 11 is 0. The summed E-state index contributed by atoms with van der Waals surface area (Å²) in [6.07, 6.45) is 1.78. The molecule has 28 heavy (non-hydrogen) atoms. The molecular weight excluding hydrogens is 352 g/mol. The molecule has 3 rings (SSSR count). The molecule has 1 N–H and O–H groups in total. The number of carbonyl (C=O) groups excluding carboxylic acids is 2. The zero-order valence-electron chi connectivity index (χ0n) is 16.8. The first kappa shape index (κ1) is 19.9. The number of hydrogen-bond donors (Lipinski definition) is 1. The SMILES string of the molecule is CC(C)c1ccc(C(=O)N[C@@H](C)C(=O)N2CCN(c3ccccn3)CC2)cc1. The smallest absolute Gasteiger partial charge is 0.251 e. The first-order chi connectivity index (χ1) is 13.5. The van der Waals surface area contributed by atoms with Gasteiger partial charge in [-0.3, -0.25) is 9.59 Å². The normalized spacial score (nSPS) is 15.4. The third kappa shape index (κ3) is 4.68. The largest absolute Gasteiger partial charge is 0.353 e. The Kier molecular flexibility index (Phi) is 6.29. The number of benzene rings is 1. The summed E-state index contributed by atoms with van der Waals surface area (Å²) in [4.78, 5) is 33.5. The zero-order chi connectivity index (χ0) is 20.1. The third-order valence-electron chi connectivity index (χ3n) is 5.12. The number of nitrogens with zero attached hydrogens (tertiary/aromatic N) is 3. The quantitative estimate of drug-likeness (QED) is 0.866. The lowest BCUT2D eigenvalue weighted by atomic mass is 10.0. The maximum Gasteiger partial charge on any atom is 0.251 e.